The molecule has 0 aromatic heterocycles. The summed E-state index contributed by atoms with van der Waals surface area (Å²) in [6.45, 7) is 4.67. The van der Waals surface area contributed by atoms with Crippen LogP contribution in [0.5, 0.6) is 0 Å². The number of ether oxygens (including phenoxy) is 1. The van der Waals surface area contributed by atoms with Gasteiger partial charge in [-0.15, -0.1) is 0 Å². The van der Waals surface area contributed by atoms with Crippen LogP contribution in [-0.4, -0.2) is 24.8 Å². The van der Waals surface area contributed by atoms with Gasteiger partial charge in [-0.1, -0.05) is 0 Å². The van der Waals surface area contributed by atoms with E-state index in [4.69, 9.17) is 4.74 Å². The van der Waals surface area contributed by atoms with E-state index in [1.165, 1.54) is 0 Å². The molecule has 14 heavy (non-hydrogen) atoms. The standard InChI is InChI=1S/C11H18O3/c1-3-14-7-6-10(12)8(2)11(13)9-4-5-9/h8-9H,3-7H2,1-2H3. The van der Waals surface area contributed by atoms with E-state index in [1.54, 1.807) is 6.92 Å². The summed E-state index contributed by atoms with van der Waals surface area (Å²) < 4.78 is 5.08. The van der Waals surface area contributed by atoms with Gasteiger partial charge in [-0.3, -0.25) is 9.59 Å². The molecule has 3 nitrogen and oxygen atoms in total. The average Bonchev–Trinajstić information content (AvgIpc) is 2.99. The molecule has 0 aromatic carbocycles. The van der Waals surface area contributed by atoms with Crippen LogP contribution >= 0.6 is 0 Å². The van der Waals surface area contributed by atoms with Crippen LogP contribution in [0.3, 0.4) is 0 Å². The number of carbonyl (C=O) groups is 2. The van der Waals surface area contributed by atoms with Gasteiger partial charge in [0.15, 0.2) is 0 Å². The summed E-state index contributed by atoms with van der Waals surface area (Å²) in [7, 11) is 0. The zero-order valence-corrected chi connectivity index (χ0v) is 8.91. The van der Waals surface area contributed by atoms with E-state index in [0.29, 0.717) is 19.6 Å². The van der Waals surface area contributed by atoms with Crippen LogP contribution in [-0.2, 0) is 14.3 Å². The lowest BCUT2D eigenvalue weighted by Gasteiger charge is -2.08. The van der Waals surface area contributed by atoms with Gasteiger partial charge in [0.05, 0.1) is 12.5 Å². The number of Topliss-reactive ketones (excluding diaryl/α,β-unsaturated/α-hetero) is 2. The van der Waals surface area contributed by atoms with E-state index in [9.17, 15) is 9.59 Å². The normalized spacial score (nSPS) is 17.9. The second-order valence-electron chi connectivity index (χ2n) is 3.81. The molecule has 0 saturated heterocycles. The van der Waals surface area contributed by atoms with Crippen LogP contribution in [0.25, 0.3) is 0 Å². The highest BCUT2D eigenvalue weighted by Gasteiger charge is 2.35. The van der Waals surface area contributed by atoms with Crippen LogP contribution in [0.4, 0.5) is 0 Å². The van der Waals surface area contributed by atoms with E-state index in [-0.39, 0.29) is 17.5 Å². The quantitative estimate of drug-likeness (QED) is 0.461. The van der Waals surface area contributed by atoms with Crippen molar-refractivity contribution in [3.8, 4) is 0 Å². The van der Waals surface area contributed by atoms with Crippen molar-refractivity contribution in [2.45, 2.75) is 33.1 Å². The first kappa shape index (κ1) is 11.4. The summed E-state index contributed by atoms with van der Waals surface area (Å²) in [5.74, 6) is -0.0779. The Bertz CT molecular complexity index is 219. The lowest BCUT2D eigenvalue weighted by Crippen LogP contribution is -2.23. The Morgan fingerprint density at radius 2 is 2.07 bits per heavy atom. The minimum absolute atomic E-state index is 0.0235. The molecule has 0 amide bonds. The number of rotatable bonds is 7. The van der Waals surface area contributed by atoms with Crippen molar-refractivity contribution in [3.05, 3.63) is 0 Å². The van der Waals surface area contributed by atoms with Gasteiger partial charge in [-0.05, 0) is 26.7 Å². The first-order valence-electron chi connectivity index (χ1n) is 5.31. The van der Waals surface area contributed by atoms with Gasteiger partial charge in [-0.25, -0.2) is 0 Å². The maximum Gasteiger partial charge on any atom is 0.146 e. The maximum atomic E-state index is 11.5. The van der Waals surface area contributed by atoms with Crippen LogP contribution in [0.1, 0.15) is 33.1 Å². The molecule has 1 unspecified atom stereocenters. The van der Waals surface area contributed by atoms with Gasteiger partial charge < -0.3 is 4.74 Å². The molecule has 0 aliphatic heterocycles. The second kappa shape index (κ2) is 5.25. The van der Waals surface area contributed by atoms with Crippen LogP contribution in [0, 0.1) is 11.8 Å². The lowest BCUT2D eigenvalue weighted by molar-refractivity contribution is -0.133. The van der Waals surface area contributed by atoms with Crippen LogP contribution in [0.2, 0.25) is 0 Å². The molecule has 1 aliphatic carbocycles. The first-order valence-corrected chi connectivity index (χ1v) is 5.31. The number of hydrogen-bond donors (Lipinski definition) is 0. The molecule has 3 heteroatoms. The number of carbonyl (C=O) groups excluding carboxylic acids is 2. The van der Waals surface area contributed by atoms with E-state index in [0.717, 1.165) is 12.8 Å². The Morgan fingerprint density at radius 3 is 2.57 bits per heavy atom. The van der Waals surface area contributed by atoms with Crippen LogP contribution < -0.4 is 0 Å². The highest BCUT2D eigenvalue weighted by molar-refractivity contribution is 6.03. The van der Waals surface area contributed by atoms with Crippen LogP contribution in [0.15, 0.2) is 0 Å². The van der Waals surface area contributed by atoms with Crippen molar-refractivity contribution in [1.29, 1.82) is 0 Å². The Kier molecular flexibility index (Phi) is 4.26. The third-order valence-electron chi connectivity index (χ3n) is 2.59. The van der Waals surface area contributed by atoms with Crippen molar-refractivity contribution in [1.82, 2.24) is 0 Å². The van der Waals surface area contributed by atoms with Crippen molar-refractivity contribution in [2.24, 2.45) is 11.8 Å². The minimum Gasteiger partial charge on any atom is -0.381 e. The third-order valence-corrected chi connectivity index (χ3v) is 2.59. The monoisotopic (exact) mass is 198 g/mol. The van der Waals surface area contributed by atoms with Crippen molar-refractivity contribution >= 4 is 11.6 Å². The van der Waals surface area contributed by atoms with E-state index < -0.39 is 5.92 Å². The maximum absolute atomic E-state index is 11.5. The number of hydrogen-bond acceptors (Lipinski definition) is 3. The summed E-state index contributed by atoms with van der Waals surface area (Å²) >= 11 is 0. The van der Waals surface area contributed by atoms with Crippen molar-refractivity contribution < 1.29 is 14.3 Å². The molecule has 1 aliphatic rings. The Balaban J connectivity index is 2.24. The molecule has 0 N–H and O–H groups in total. The van der Waals surface area contributed by atoms with Gasteiger partial charge in [0, 0.05) is 18.9 Å². The minimum atomic E-state index is -0.414. The molecular formula is C11H18O3. The summed E-state index contributed by atoms with van der Waals surface area (Å²) in [6.07, 6.45) is 2.32. The third kappa shape index (κ3) is 3.22. The zero-order valence-electron chi connectivity index (χ0n) is 8.91. The van der Waals surface area contributed by atoms with E-state index in [2.05, 4.69) is 0 Å². The molecule has 1 rings (SSSR count). The molecule has 0 aromatic rings. The number of ketones is 2. The summed E-state index contributed by atoms with van der Waals surface area (Å²) in [5.41, 5.74) is 0. The summed E-state index contributed by atoms with van der Waals surface area (Å²) in [5, 5.41) is 0. The van der Waals surface area contributed by atoms with Crippen molar-refractivity contribution in [2.75, 3.05) is 13.2 Å². The highest BCUT2D eigenvalue weighted by atomic mass is 16.5. The average molecular weight is 198 g/mol. The molecule has 0 spiro atoms. The predicted octanol–water partition coefficient (Wildman–Crippen LogP) is 1.60. The molecule has 1 saturated carbocycles. The molecule has 0 bridgehead atoms. The topological polar surface area (TPSA) is 43.4 Å². The summed E-state index contributed by atoms with van der Waals surface area (Å²) in [6, 6.07) is 0. The lowest BCUT2D eigenvalue weighted by atomic mass is 9.96. The molecular weight excluding hydrogens is 180 g/mol. The first-order chi connectivity index (χ1) is 6.66. The Morgan fingerprint density at radius 1 is 1.43 bits per heavy atom. The van der Waals surface area contributed by atoms with Gasteiger partial charge in [0.2, 0.25) is 0 Å². The molecule has 1 fully saturated rings. The summed E-state index contributed by atoms with van der Waals surface area (Å²) in [4.78, 5) is 23.0. The van der Waals surface area contributed by atoms with Gasteiger partial charge in [-0.2, -0.15) is 0 Å². The molecule has 0 heterocycles. The van der Waals surface area contributed by atoms with E-state index in [1.807, 2.05) is 6.92 Å². The fourth-order valence-corrected chi connectivity index (χ4v) is 1.41. The fraction of sp³-hybridized carbons (Fsp3) is 0.818. The van der Waals surface area contributed by atoms with Gasteiger partial charge >= 0.3 is 0 Å². The van der Waals surface area contributed by atoms with Gasteiger partial charge in [0.1, 0.15) is 11.6 Å². The molecule has 0 radical (unpaired) electrons. The van der Waals surface area contributed by atoms with Crippen molar-refractivity contribution in [3.63, 3.8) is 0 Å². The molecule has 80 valence electrons. The second-order valence-corrected chi connectivity index (χ2v) is 3.81. The smallest absolute Gasteiger partial charge is 0.146 e. The fourth-order valence-electron chi connectivity index (χ4n) is 1.41. The Labute approximate surface area is 84.8 Å². The Hall–Kier alpha value is -0.700. The SMILES string of the molecule is CCOCCC(=O)C(C)C(=O)C1CC1. The predicted molar refractivity (Wildman–Crippen MR) is 53.0 cm³/mol. The molecule has 1 atom stereocenters. The zero-order chi connectivity index (χ0) is 10.6. The largest absolute Gasteiger partial charge is 0.381 e. The highest BCUT2D eigenvalue weighted by Crippen LogP contribution is 2.32. The van der Waals surface area contributed by atoms with Gasteiger partial charge in [0.25, 0.3) is 0 Å². The van der Waals surface area contributed by atoms with E-state index >= 15 is 0 Å².